The third-order valence-corrected chi connectivity index (χ3v) is 5.04. The third-order valence-electron chi connectivity index (χ3n) is 5.04. The topological polar surface area (TPSA) is 71.3 Å². The molecular formula is C21H28F2N4O3. The summed E-state index contributed by atoms with van der Waals surface area (Å²) in [6, 6.07) is 8.92. The SMILES string of the molecule is CN=C(NCc1ccc(OC)c(OC(F)F)c1)NCC(c1ccco1)N1CCCC1. The lowest BCUT2D eigenvalue weighted by atomic mass is 10.2. The van der Waals surface area contributed by atoms with Gasteiger partial charge in [-0.3, -0.25) is 9.89 Å². The number of methoxy groups -OCH3 is 1. The molecule has 164 valence electrons. The summed E-state index contributed by atoms with van der Waals surface area (Å²) < 4.78 is 40.5. The summed E-state index contributed by atoms with van der Waals surface area (Å²) in [5, 5.41) is 6.54. The van der Waals surface area contributed by atoms with Gasteiger partial charge in [-0.1, -0.05) is 6.07 Å². The van der Waals surface area contributed by atoms with Crippen molar-refractivity contribution in [3.05, 3.63) is 47.9 Å². The van der Waals surface area contributed by atoms with E-state index < -0.39 is 6.61 Å². The molecule has 1 aliphatic heterocycles. The molecule has 2 heterocycles. The number of halogens is 2. The molecule has 2 aromatic rings. The van der Waals surface area contributed by atoms with E-state index in [-0.39, 0.29) is 17.5 Å². The van der Waals surface area contributed by atoms with Crippen LogP contribution in [0.2, 0.25) is 0 Å². The maximum absolute atomic E-state index is 12.6. The molecule has 0 aliphatic carbocycles. The molecule has 1 aromatic carbocycles. The Kier molecular flexibility index (Phi) is 7.89. The van der Waals surface area contributed by atoms with Crippen molar-refractivity contribution in [1.29, 1.82) is 0 Å². The highest BCUT2D eigenvalue weighted by atomic mass is 19.3. The molecule has 3 rings (SSSR count). The first-order chi connectivity index (χ1) is 14.6. The minimum atomic E-state index is -2.92. The van der Waals surface area contributed by atoms with Crippen LogP contribution in [-0.2, 0) is 6.54 Å². The molecule has 1 atom stereocenters. The summed E-state index contributed by atoms with van der Waals surface area (Å²) in [7, 11) is 3.10. The van der Waals surface area contributed by atoms with Crippen LogP contribution < -0.4 is 20.1 Å². The highest BCUT2D eigenvalue weighted by Gasteiger charge is 2.25. The summed E-state index contributed by atoms with van der Waals surface area (Å²) in [6.07, 6.45) is 4.06. The molecule has 0 amide bonds. The molecule has 30 heavy (non-hydrogen) atoms. The maximum atomic E-state index is 12.6. The molecule has 7 nitrogen and oxygen atoms in total. The quantitative estimate of drug-likeness (QED) is 0.477. The monoisotopic (exact) mass is 422 g/mol. The number of alkyl halides is 2. The summed E-state index contributed by atoms with van der Waals surface area (Å²) in [6.45, 7) is 0.185. The number of nitrogens with zero attached hydrogens (tertiary/aromatic N) is 2. The van der Waals surface area contributed by atoms with Gasteiger partial charge in [-0.05, 0) is 55.8 Å². The molecule has 1 fully saturated rings. The van der Waals surface area contributed by atoms with Crippen molar-refractivity contribution in [2.75, 3.05) is 33.8 Å². The van der Waals surface area contributed by atoms with Crippen molar-refractivity contribution in [3.63, 3.8) is 0 Å². The number of rotatable bonds is 9. The molecule has 0 radical (unpaired) electrons. The number of benzene rings is 1. The first kappa shape index (κ1) is 21.9. The molecule has 1 unspecified atom stereocenters. The fourth-order valence-electron chi connectivity index (χ4n) is 3.56. The van der Waals surface area contributed by atoms with Crippen LogP contribution >= 0.6 is 0 Å². The van der Waals surface area contributed by atoms with Gasteiger partial charge in [0.1, 0.15) is 5.76 Å². The fraction of sp³-hybridized carbons (Fsp3) is 0.476. The van der Waals surface area contributed by atoms with Crippen LogP contribution in [0, 0.1) is 0 Å². The lowest BCUT2D eigenvalue weighted by Gasteiger charge is -2.26. The van der Waals surface area contributed by atoms with E-state index in [0.717, 1.165) is 24.4 Å². The Labute approximate surface area is 175 Å². The van der Waals surface area contributed by atoms with E-state index in [1.165, 1.54) is 26.0 Å². The van der Waals surface area contributed by atoms with Crippen molar-refractivity contribution in [3.8, 4) is 11.5 Å². The molecule has 1 aliphatic rings. The van der Waals surface area contributed by atoms with Gasteiger partial charge < -0.3 is 24.5 Å². The van der Waals surface area contributed by atoms with E-state index in [2.05, 4.69) is 25.3 Å². The molecule has 1 saturated heterocycles. The summed E-state index contributed by atoms with van der Waals surface area (Å²) in [4.78, 5) is 6.66. The number of hydrogen-bond donors (Lipinski definition) is 2. The average molecular weight is 422 g/mol. The normalized spacial score (nSPS) is 16.0. The number of ether oxygens (including phenoxy) is 2. The Balaban J connectivity index is 1.59. The Morgan fingerprint density at radius 2 is 2.00 bits per heavy atom. The molecule has 0 saturated carbocycles. The van der Waals surface area contributed by atoms with E-state index in [4.69, 9.17) is 9.15 Å². The van der Waals surface area contributed by atoms with E-state index >= 15 is 0 Å². The van der Waals surface area contributed by atoms with Crippen molar-refractivity contribution < 1.29 is 22.7 Å². The molecule has 0 spiro atoms. The Morgan fingerprint density at radius 3 is 2.63 bits per heavy atom. The highest BCUT2D eigenvalue weighted by Crippen LogP contribution is 2.29. The zero-order chi connectivity index (χ0) is 21.3. The number of furan rings is 1. The van der Waals surface area contributed by atoms with E-state index in [0.29, 0.717) is 19.0 Å². The van der Waals surface area contributed by atoms with E-state index in [1.807, 2.05) is 12.1 Å². The zero-order valence-corrected chi connectivity index (χ0v) is 17.2. The highest BCUT2D eigenvalue weighted by molar-refractivity contribution is 5.79. The van der Waals surface area contributed by atoms with Crippen LogP contribution in [0.5, 0.6) is 11.5 Å². The third kappa shape index (κ3) is 5.85. The number of likely N-dealkylation sites (tertiary alicyclic amines) is 1. The van der Waals surface area contributed by atoms with Gasteiger partial charge in [-0.25, -0.2) is 0 Å². The minimum Gasteiger partial charge on any atom is -0.493 e. The van der Waals surface area contributed by atoms with Crippen molar-refractivity contribution in [2.24, 2.45) is 4.99 Å². The maximum Gasteiger partial charge on any atom is 0.387 e. The first-order valence-corrected chi connectivity index (χ1v) is 9.94. The van der Waals surface area contributed by atoms with Gasteiger partial charge in [-0.15, -0.1) is 0 Å². The van der Waals surface area contributed by atoms with Gasteiger partial charge in [0.05, 0.1) is 19.4 Å². The zero-order valence-electron chi connectivity index (χ0n) is 17.2. The molecule has 0 bridgehead atoms. The smallest absolute Gasteiger partial charge is 0.387 e. The molecule has 2 N–H and O–H groups in total. The lowest BCUT2D eigenvalue weighted by Crippen LogP contribution is -2.42. The molecule has 9 heteroatoms. The largest absolute Gasteiger partial charge is 0.493 e. The van der Waals surface area contributed by atoms with Crippen LogP contribution in [0.3, 0.4) is 0 Å². The van der Waals surface area contributed by atoms with Gasteiger partial charge >= 0.3 is 6.61 Å². The summed E-state index contributed by atoms with van der Waals surface area (Å²) >= 11 is 0. The standard InChI is InChI=1S/C21H28F2N4O3/c1-24-21(25-13-15-7-8-18(28-2)19(12-15)30-20(22)23)26-14-16(17-6-5-11-29-17)27-9-3-4-10-27/h5-8,11-12,16,20H,3-4,9-10,13-14H2,1-2H3,(H2,24,25,26). The number of hydrogen-bond acceptors (Lipinski definition) is 5. The number of aliphatic imine (C=N–C) groups is 1. The van der Waals surface area contributed by atoms with Crippen molar-refractivity contribution >= 4 is 5.96 Å². The molecule has 1 aromatic heterocycles. The van der Waals surface area contributed by atoms with Gasteiger partial charge in [0.2, 0.25) is 0 Å². The van der Waals surface area contributed by atoms with Gasteiger partial charge in [0.15, 0.2) is 17.5 Å². The lowest BCUT2D eigenvalue weighted by molar-refractivity contribution is -0.0512. The van der Waals surface area contributed by atoms with E-state index in [1.54, 1.807) is 25.4 Å². The fourth-order valence-corrected chi connectivity index (χ4v) is 3.56. The second-order valence-electron chi connectivity index (χ2n) is 6.94. The van der Waals surface area contributed by atoms with Crippen LogP contribution in [0.25, 0.3) is 0 Å². The van der Waals surface area contributed by atoms with Gasteiger partial charge in [-0.2, -0.15) is 8.78 Å². The van der Waals surface area contributed by atoms with Crippen LogP contribution in [0.4, 0.5) is 8.78 Å². The number of guanidine groups is 1. The predicted octanol–water partition coefficient (Wildman–Crippen LogP) is 3.39. The first-order valence-electron chi connectivity index (χ1n) is 9.94. The van der Waals surface area contributed by atoms with Crippen molar-refractivity contribution in [1.82, 2.24) is 15.5 Å². The minimum absolute atomic E-state index is 0.00154. The van der Waals surface area contributed by atoms with Gasteiger partial charge in [0, 0.05) is 20.1 Å². The van der Waals surface area contributed by atoms with Gasteiger partial charge in [0.25, 0.3) is 0 Å². The van der Waals surface area contributed by atoms with Crippen molar-refractivity contribution in [2.45, 2.75) is 32.0 Å². The summed E-state index contributed by atoms with van der Waals surface area (Å²) in [5.74, 6) is 1.79. The second kappa shape index (κ2) is 10.8. The Bertz CT molecular complexity index is 809. The van der Waals surface area contributed by atoms with E-state index in [9.17, 15) is 8.78 Å². The van der Waals surface area contributed by atoms with Crippen LogP contribution in [-0.4, -0.2) is 51.3 Å². The molecular weight excluding hydrogens is 394 g/mol. The Hall–Kier alpha value is -2.81. The van der Waals surface area contributed by atoms with Crippen LogP contribution in [0.15, 0.2) is 46.0 Å². The second-order valence-corrected chi connectivity index (χ2v) is 6.94. The predicted molar refractivity (Wildman–Crippen MR) is 110 cm³/mol. The van der Waals surface area contributed by atoms with Crippen LogP contribution in [0.1, 0.15) is 30.2 Å². The Morgan fingerprint density at radius 1 is 1.20 bits per heavy atom. The number of nitrogens with one attached hydrogen (secondary N) is 2. The average Bonchev–Trinajstić information content (AvgIpc) is 3.45. The summed E-state index contributed by atoms with van der Waals surface area (Å²) in [5.41, 5.74) is 0.761.